The van der Waals surface area contributed by atoms with Crippen LogP contribution in [0.3, 0.4) is 0 Å². The van der Waals surface area contributed by atoms with E-state index in [1.807, 2.05) is 6.92 Å². The van der Waals surface area contributed by atoms with Crippen molar-refractivity contribution in [3.63, 3.8) is 0 Å². The quantitative estimate of drug-likeness (QED) is 0.791. The summed E-state index contributed by atoms with van der Waals surface area (Å²) in [4.78, 5) is 0. The van der Waals surface area contributed by atoms with Crippen LogP contribution in [-0.4, -0.2) is 30.1 Å². The Morgan fingerprint density at radius 3 is 2.56 bits per heavy atom. The first-order valence-electron chi connectivity index (χ1n) is 6.25. The van der Waals surface area contributed by atoms with E-state index < -0.39 is 17.7 Å². The SMILES string of the molecule is C=C(C)COCC1CC2CC1CC2(O)C(F)(F)F. The highest BCUT2D eigenvalue weighted by molar-refractivity contribution is 5.07. The van der Waals surface area contributed by atoms with E-state index in [-0.39, 0.29) is 18.3 Å². The fourth-order valence-electron chi connectivity index (χ4n) is 3.35. The van der Waals surface area contributed by atoms with Crippen LogP contribution in [0.1, 0.15) is 26.2 Å². The topological polar surface area (TPSA) is 29.5 Å². The molecule has 0 aliphatic heterocycles. The van der Waals surface area contributed by atoms with Crippen LogP contribution in [0.5, 0.6) is 0 Å². The van der Waals surface area contributed by atoms with Crippen molar-refractivity contribution in [3.05, 3.63) is 12.2 Å². The van der Waals surface area contributed by atoms with E-state index in [1.165, 1.54) is 0 Å². The first kappa shape index (κ1) is 13.9. The molecular weight excluding hydrogens is 245 g/mol. The Balaban J connectivity index is 1.89. The number of hydrogen-bond donors (Lipinski definition) is 1. The maximum Gasteiger partial charge on any atom is 0.417 e. The molecule has 2 fully saturated rings. The monoisotopic (exact) mass is 264 g/mol. The van der Waals surface area contributed by atoms with Gasteiger partial charge in [-0.25, -0.2) is 0 Å². The van der Waals surface area contributed by atoms with E-state index in [0.29, 0.717) is 26.1 Å². The number of ether oxygens (including phenoxy) is 1. The van der Waals surface area contributed by atoms with Crippen molar-refractivity contribution in [1.82, 2.24) is 0 Å². The smallest absolute Gasteiger partial charge is 0.380 e. The van der Waals surface area contributed by atoms with Gasteiger partial charge in [0.15, 0.2) is 5.60 Å². The average molecular weight is 264 g/mol. The molecule has 0 amide bonds. The summed E-state index contributed by atoms with van der Waals surface area (Å²) < 4.78 is 43.8. The Labute approximate surface area is 105 Å². The standard InChI is InChI=1S/C13H19F3O2/c1-8(2)6-18-7-10-4-11-3-9(10)5-12(11,17)13(14,15)16/h9-11,17H,1,3-7H2,2H3. The summed E-state index contributed by atoms with van der Waals surface area (Å²) in [6.45, 7) is 6.49. The number of fused-ring (bicyclic) bond motifs is 2. The van der Waals surface area contributed by atoms with E-state index in [9.17, 15) is 18.3 Å². The molecule has 2 nitrogen and oxygen atoms in total. The Morgan fingerprint density at radius 1 is 1.44 bits per heavy atom. The van der Waals surface area contributed by atoms with Crippen LogP contribution < -0.4 is 0 Å². The van der Waals surface area contributed by atoms with Gasteiger partial charge >= 0.3 is 6.18 Å². The molecule has 5 heteroatoms. The molecule has 0 heterocycles. The Kier molecular flexibility index (Phi) is 3.49. The molecule has 4 unspecified atom stereocenters. The van der Waals surface area contributed by atoms with E-state index >= 15 is 0 Å². The molecule has 104 valence electrons. The van der Waals surface area contributed by atoms with Crippen molar-refractivity contribution in [2.24, 2.45) is 17.8 Å². The van der Waals surface area contributed by atoms with E-state index in [1.54, 1.807) is 0 Å². The molecule has 18 heavy (non-hydrogen) atoms. The lowest BCUT2D eigenvalue weighted by molar-refractivity contribution is -0.279. The maximum atomic E-state index is 12.8. The van der Waals surface area contributed by atoms with E-state index in [0.717, 1.165) is 5.57 Å². The molecule has 2 rings (SSSR count). The first-order valence-corrected chi connectivity index (χ1v) is 6.25. The fourth-order valence-corrected chi connectivity index (χ4v) is 3.35. The highest BCUT2D eigenvalue weighted by Gasteiger charge is 2.66. The lowest BCUT2D eigenvalue weighted by Gasteiger charge is -2.36. The molecule has 2 aliphatic rings. The third-order valence-corrected chi connectivity index (χ3v) is 4.26. The summed E-state index contributed by atoms with van der Waals surface area (Å²) in [6, 6.07) is 0. The van der Waals surface area contributed by atoms with Gasteiger partial charge in [0.2, 0.25) is 0 Å². The van der Waals surface area contributed by atoms with Crippen LogP contribution in [0, 0.1) is 17.8 Å². The van der Waals surface area contributed by atoms with E-state index in [2.05, 4.69) is 6.58 Å². The molecule has 2 aliphatic carbocycles. The summed E-state index contributed by atoms with van der Waals surface area (Å²) in [5, 5.41) is 9.77. The van der Waals surface area contributed by atoms with Gasteiger partial charge in [0, 0.05) is 0 Å². The van der Waals surface area contributed by atoms with Crippen LogP contribution in [-0.2, 0) is 4.74 Å². The minimum Gasteiger partial charge on any atom is -0.380 e. The van der Waals surface area contributed by atoms with Crippen LogP contribution in [0.15, 0.2) is 12.2 Å². The summed E-state index contributed by atoms with van der Waals surface area (Å²) in [7, 11) is 0. The van der Waals surface area contributed by atoms with Gasteiger partial charge in [-0.15, -0.1) is 0 Å². The molecule has 4 atom stereocenters. The molecule has 2 bridgehead atoms. The zero-order valence-corrected chi connectivity index (χ0v) is 10.5. The Bertz CT molecular complexity index is 340. The van der Waals surface area contributed by atoms with Gasteiger partial charge in [-0.1, -0.05) is 12.2 Å². The van der Waals surface area contributed by atoms with Gasteiger partial charge in [0.05, 0.1) is 13.2 Å². The molecule has 0 aromatic rings. The Morgan fingerprint density at radius 2 is 2.11 bits per heavy atom. The minimum absolute atomic E-state index is 0.0632. The minimum atomic E-state index is -4.50. The zero-order valence-electron chi connectivity index (χ0n) is 10.5. The van der Waals surface area contributed by atoms with Crippen molar-refractivity contribution in [2.45, 2.75) is 38.0 Å². The number of hydrogen-bond acceptors (Lipinski definition) is 2. The van der Waals surface area contributed by atoms with Crippen LogP contribution in [0.25, 0.3) is 0 Å². The number of rotatable bonds is 4. The molecule has 0 saturated heterocycles. The van der Waals surface area contributed by atoms with E-state index in [4.69, 9.17) is 4.74 Å². The van der Waals surface area contributed by atoms with Crippen molar-refractivity contribution < 1.29 is 23.0 Å². The predicted molar refractivity (Wildman–Crippen MR) is 61.0 cm³/mol. The van der Waals surface area contributed by atoms with Gasteiger partial charge in [-0.05, 0) is 43.9 Å². The highest BCUT2D eigenvalue weighted by Crippen LogP contribution is 2.58. The molecule has 0 aromatic heterocycles. The van der Waals surface area contributed by atoms with Crippen molar-refractivity contribution in [3.8, 4) is 0 Å². The third-order valence-electron chi connectivity index (χ3n) is 4.26. The first-order chi connectivity index (χ1) is 8.24. The van der Waals surface area contributed by atoms with Crippen LogP contribution in [0.4, 0.5) is 13.2 Å². The largest absolute Gasteiger partial charge is 0.417 e. The molecule has 0 radical (unpaired) electrons. The lowest BCUT2D eigenvalue weighted by Crippen LogP contribution is -2.50. The van der Waals surface area contributed by atoms with Crippen LogP contribution >= 0.6 is 0 Å². The molecule has 0 aromatic carbocycles. The second-order valence-electron chi connectivity index (χ2n) is 5.79. The van der Waals surface area contributed by atoms with Gasteiger partial charge in [-0.3, -0.25) is 0 Å². The molecular formula is C13H19F3O2. The molecule has 1 N–H and O–H groups in total. The van der Waals surface area contributed by atoms with Gasteiger partial charge in [0.1, 0.15) is 0 Å². The normalized spacial score (nSPS) is 39.3. The second-order valence-corrected chi connectivity index (χ2v) is 5.79. The number of halogens is 3. The molecule has 2 saturated carbocycles. The summed E-state index contributed by atoms with van der Waals surface area (Å²) in [6.07, 6.45) is -3.79. The van der Waals surface area contributed by atoms with Gasteiger partial charge in [-0.2, -0.15) is 13.2 Å². The van der Waals surface area contributed by atoms with Crippen LogP contribution in [0.2, 0.25) is 0 Å². The van der Waals surface area contributed by atoms with Crippen molar-refractivity contribution >= 4 is 0 Å². The molecule has 0 spiro atoms. The van der Waals surface area contributed by atoms with Gasteiger partial charge < -0.3 is 9.84 Å². The summed E-state index contributed by atoms with van der Waals surface area (Å²) in [5.74, 6) is -0.565. The summed E-state index contributed by atoms with van der Waals surface area (Å²) in [5.41, 5.74) is -1.55. The Hall–Kier alpha value is -0.550. The van der Waals surface area contributed by atoms with Crippen molar-refractivity contribution in [2.75, 3.05) is 13.2 Å². The second kappa shape index (κ2) is 4.53. The third kappa shape index (κ3) is 2.30. The van der Waals surface area contributed by atoms with Crippen molar-refractivity contribution in [1.29, 1.82) is 0 Å². The zero-order chi connectivity index (χ0) is 13.6. The fraction of sp³-hybridized carbons (Fsp3) is 0.846. The predicted octanol–water partition coefficient (Wildman–Crippen LogP) is 2.92. The lowest BCUT2D eigenvalue weighted by atomic mass is 9.78. The summed E-state index contributed by atoms with van der Waals surface area (Å²) >= 11 is 0. The number of aliphatic hydroxyl groups is 1. The highest BCUT2D eigenvalue weighted by atomic mass is 19.4. The van der Waals surface area contributed by atoms with Gasteiger partial charge in [0.25, 0.3) is 0 Å². The number of alkyl halides is 3. The average Bonchev–Trinajstić information content (AvgIpc) is 2.73. The maximum absolute atomic E-state index is 12.8.